The summed E-state index contributed by atoms with van der Waals surface area (Å²) >= 11 is 5.83. The molecule has 0 saturated carbocycles. The number of hydrogen-bond donors (Lipinski definition) is 1. The Balaban J connectivity index is 1.54. The predicted molar refractivity (Wildman–Crippen MR) is 134 cm³/mol. The summed E-state index contributed by atoms with van der Waals surface area (Å²) in [5, 5.41) is 3.39. The Kier molecular flexibility index (Phi) is 5.96. The van der Waals surface area contributed by atoms with Gasteiger partial charge in [-0.2, -0.15) is 0 Å². The van der Waals surface area contributed by atoms with Crippen LogP contribution in [-0.4, -0.2) is 27.1 Å². The molecule has 1 N–H and O–H groups in total. The van der Waals surface area contributed by atoms with Gasteiger partial charge in [-0.3, -0.25) is 14.2 Å². The number of amides is 1. The van der Waals surface area contributed by atoms with E-state index in [1.54, 1.807) is 11.7 Å². The van der Waals surface area contributed by atoms with Crippen LogP contribution in [0.3, 0.4) is 0 Å². The summed E-state index contributed by atoms with van der Waals surface area (Å²) in [6, 6.07) is 18.8. The Labute approximate surface area is 204 Å². The van der Waals surface area contributed by atoms with Crippen molar-refractivity contribution in [1.82, 2.24) is 14.1 Å². The van der Waals surface area contributed by atoms with Gasteiger partial charge in [0.05, 0.1) is 30.5 Å². The molecule has 0 bridgehead atoms. The number of rotatable bonds is 6. The first-order valence-electron chi connectivity index (χ1n) is 10.8. The maximum absolute atomic E-state index is 13.6. The van der Waals surface area contributed by atoms with E-state index in [1.165, 1.54) is 29.1 Å². The third-order valence-corrected chi connectivity index (χ3v) is 6.04. The number of ether oxygens (including phenoxy) is 1. The number of methoxy groups -OCH3 is 1. The Hall–Kier alpha value is -4.17. The van der Waals surface area contributed by atoms with Gasteiger partial charge in [0.2, 0.25) is 5.91 Å². The van der Waals surface area contributed by atoms with Crippen molar-refractivity contribution < 1.29 is 13.9 Å². The molecule has 2 heterocycles. The van der Waals surface area contributed by atoms with Crippen LogP contribution in [0.4, 0.5) is 10.1 Å². The van der Waals surface area contributed by atoms with Gasteiger partial charge in [-0.25, -0.2) is 9.37 Å². The second-order valence-corrected chi connectivity index (χ2v) is 8.41. The van der Waals surface area contributed by atoms with E-state index in [9.17, 15) is 14.0 Å². The van der Waals surface area contributed by atoms with Crippen molar-refractivity contribution in [2.24, 2.45) is 0 Å². The third kappa shape index (κ3) is 4.36. The molecule has 0 spiro atoms. The first kappa shape index (κ1) is 22.6. The molecule has 5 aromatic rings. The molecule has 5 rings (SSSR count). The number of para-hydroxylation sites is 1. The molecule has 35 heavy (non-hydrogen) atoms. The summed E-state index contributed by atoms with van der Waals surface area (Å²) in [6.07, 6.45) is 1.52. The molecule has 7 nitrogen and oxygen atoms in total. The molecule has 176 valence electrons. The molecule has 0 aliphatic carbocycles. The average molecular weight is 491 g/mol. The maximum atomic E-state index is 13.6. The molecule has 0 fully saturated rings. The van der Waals surface area contributed by atoms with Crippen LogP contribution in [-0.2, 0) is 17.9 Å². The van der Waals surface area contributed by atoms with Crippen LogP contribution in [0.25, 0.3) is 21.9 Å². The van der Waals surface area contributed by atoms with Crippen molar-refractivity contribution in [2.75, 3.05) is 12.4 Å². The van der Waals surface area contributed by atoms with Gasteiger partial charge in [-0.15, -0.1) is 0 Å². The molecular weight excluding hydrogens is 471 g/mol. The van der Waals surface area contributed by atoms with Crippen molar-refractivity contribution in [1.29, 1.82) is 0 Å². The molecule has 9 heteroatoms. The zero-order valence-corrected chi connectivity index (χ0v) is 19.4. The fourth-order valence-corrected chi connectivity index (χ4v) is 4.25. The van der Waals surface area contributed by atoms with Crippen LogP contribution >= 0.6 is 11.6 Å². The lowest BCUT2D eigenvalue weighted by Gasteiger charge is -2.10. The molecule has 0 aliphatic heterocycles. The largest absolute Gasteiger partial charge is 0.497 e. The zero-order valence-electron chi connectivity index (χ0n) is 18.7. The van der Waals surface area contributed by atoms with E-state index in [0.29, 0.717) is 28.8 Å². The minimum atomic E-state index is -0.574. The highest BCUT2D eigenvalue weighted by Gasteiger charge is 2.18. The van der Waals surface area contributed by atoms with Gasteiger partial charge >= 0.3 is 0 Å². The molecule has 0 saturated heterocycles. The van der Waals surface area contributed by atoms with E-state index in [1.807, 2.05) is 48.5 Å². The first-order chi connectivity index (χ1) is 16.9. The predicted octanol–water partition coefficient (Wildman–Crippen LogP) is 4.84. The summed E-state index contributed by atoms with van der Waals surface area (Å²) in [7, 11) is 1.59. The van der Waals surface area contributed by atoms with E-state index in [0.717, 1.165) is 16.7 Å². The lowest BCUT2D eigenvalue weighted by Crippen LogP contribution is -2.25. The molecule has 0 unspecified atom stereocenters. The van der Waals surface area contributed by atoms with Gasteiger partial charge in [-0.05, 0) is 42.0 Å². The number of fused-ring (bicyclic) bond motifs is 3. The molecule has 3 aromatic carbocycles. The highest BCUT2D eigenvalue weighted by molar-refractivity contribution is 6.31. The summed E-state index contributed by atoms with van der Waals surface area (Å²) in [5.41, 5.74) is 2.56. The molecule has 1 amide bonds. The number of nitrogens with one attached hydrogen (secondary N) is 1. The van der Waals surface area contributed by atoms with Gasteiger partial charge in [0.15, 0.2) is 0 Å². The van der Waals surface area contributed by atoms with Gasteiger partial charge < -0.3 is 14.6 Å². The molecule has 0 aliphatic rings. The highest BCUT2D eigenvalue weighted by Crippen LogP contribution is 2.26. The number of benzene rings is 3. The molecule has 0 atom stereocenters. The minimum absolute atomic E-state index is 0.0923. The number of nitrogens with zero attached hydrogens (tertiary/aromatic N) is 3. The Bertz CT molecular complexity index is 1630. The van der Waals surface area contributed by atoms with Crippen LogP contribution < -0.4 is 15.6 Å². The second-order valence-electron chi connectivity index (χ2n) is 8.00. The Morgan fingerprint density at radius 2 is 1.89 bits per heavy atom. The number of anilines is 1. The van der Waals surface area contributed by atoms with Gasteiger partial charge in [0.25, 0.3) is 5.56 Å². The minimum Gasteiger partial charge on any atom is -0.497 e. The van der Waals surface area contributed by atoms with E-state index < -0.39 is 5.82 Å². The van der Waals surface area contributed by atoms with E-state index in [-0.39, 0.29) is 23.0 Å². The molecular formula is C26H20ClFN4O3. The van der Waals surface area contributed by atoms with Crippen LogP contribution in [0.5, 0.6) is 5.75 Å². The SMILES string of the molecule is COc1ccc(Cn2cnc3c4ccccc4n(CC(=O)Nc4ccc(F)c(Cl)c4)c3c2=O)cc1. The standard InChI is InChI=1S/C26H20ClFN4O3/c1-35-18-9-6-16(7-10-18)13-31-15-29-24-19-4-2-3-5-22(19)32(25(24)26(31)34)14-23(33)30-17-8-11-21(28)20(27)12-17/h2-12,15H,13-14H2,1H3,(H,30,33). The fraction of sp³-hybridized carbons (Fsp3) is 0.115. The lowest BCUT2D eigenvalue weighted by atomic mass is 10.2. The number of halogens is 2. The maximum Gasteiger partial charge on any atom is 0.278 e. The third-order valence-electron chi connectivity index (χ3n) is 5.75. The van der Waals surface area contributed by atoms with Gasteiger partial charge in [0.1, 0.15) is 29.1 Å². The highest BCUT2D eigenvalue weighted by atomic mass is 35.5. The van der Waals surface area contributed by atoms with Crippen LogP contribution in [0.2, 0.25) is 5.02 Å². The second kappa shape index (κ2) is 9.23. The molecule has 2 aromatic heterocycles. The number of carbonyl (C=O) groups excluding carboxylic acids is 1. The summed E-state index contributed by atoms with van der Waals surface area (Å²) in [4.78, 5) is 31.0. The smallest absolute Gasteiger partial charge is 0.278 e. The summed E-state index contributed by atoms with van der Waals surface area (Å²) in [5.74, 6) is -0.237. The first-order valence-corrected chi connectivity index (χ1v) is 11.2. The van der Waals surface area contributed by atoms with E-state index >= 15 is 0 Å². The Morgan fingerprint density at radius 3 is 2.63 bits per heavy atom. The monoisotopic (exact) mass is 490 g/mol. The van der Waals surface area contributed by atoms with Crippen LogP contribution in [0, 0.1) is 5.82 Å². The van der Waals surface area contributed by atoms with Gasteiger partial charge in [0, 0.05) is 11.1 Å². The van der Waals surface area contributed by atoms with Crippen molar-refractivity contribution in [2.45, 2.75) is 13.1 Å². The number of hydrogen-bond acceptors (Lipinski definition) is 4. The van der Waals surface area contributed by atoms with Crippen molar-refractivity contribution in [3.05, 3.63) is 99.8 Å². The van der Waals surface area contributed by atoms with Crippen LogP contribution in [0.15, 0.2) is 77.9 Å². The molecule has 0 radical (unpaired) electrons. The number of aromatic nitrogens is 3. The van der Waals surface area contributed by atoms with Crippen molar-refractivity contribution in [3.8, 4) is 5.75 Å². The zero-order chi connectivity index (χ0) is 24.5. The Morgan fingerprint density at radius 1 is 1.11 bits per heavy atom. The lowest BCUT2D eigenvalue weighted by molar-refractivity contribution is -0.116. The number of carbonyl (C=O) groups is 1. The normalized spacial score (nSPS) is 11.2. The van der Waals surface area contributed by atoms with E-state index in [2.05, 4.69) is 10.3 Å². The van der Waals surface area contributed by atoms with Crippen molar-refractivity contribution >= 4 is 45.1 Å². The summed E-state index contributed by atoms with van der Waals surface area (Å²) in [6.45, 7) is 0.177. The topological polar surface area (TPSA) is 78.2 Å². The van der Waals surface area contributed by atoms with Crippen molar-refractivity contribution in [3.63, 3.8) is 0 Å². The average Bonchev–Trinajstić information content (AvgIpc) is 3.17. The summed E-state index contributed by atoms with van der Waals surface area (Å²) < 4.78 is 21.8. The fourth-order valence-electron chi connectivity index (χ4n) is 4.07. The quantitative estimate of drug-likeness (QED) is 0.369. The van der Waals surface area contributed by atoms with E-state index in [4.69, 9.17) is 16.3 Å². The van der Waals surface area contributed by atoms with Gasteiger partial charge in [-0.1, -0.05) is 41.9 Å². The van der Waals surface area contributed by atoms with Crippen LogP contribution in [0.1, 0.15) is 5.56 Å².